The average molecular weight is 539 g/mol. The molecule has 9 heteroatoms. The van der Waals surface area contributed by atoms with Gasteiger partial charge in [0.05, 0.1) is 25.3 Å². The van der Waals surface area contributed by atoms with E-state index < -0.39 is 17.7 Å². The lowest BCUT2D eigenvalue weighted by Crippen LogP contribution is -2.38. The number of aliphatic hydroxyl groups is 1. The number of Topliss-reactive ketones (excluding diaryl/α,β-unsaturated/α-hetero) is 1. The van der Waals surface area contributed by atoms with Gasteiger partial charge in [0.15, 0.2) is 23.0 Å². The second-order valence-corrected chi connectivity index (χ2v) is 9.49. The fourth-order valence-electron chi connectivity index (χ4n) is 4.89. The van der Waals surface area contributed by atoms with Crippen molar-refractivity contribution in [3.05, 3.63) is 53.1 Å². The summed E-state index contributed by atoms with van der Waals surface area (Å²) in [6.45, 7) is 10.1. The second kappa shape index (κ2) is 12.9. The number of carbonyl (C=O) groups is 2. The third-order valence-corrected chi connectivity index (χ3v) is 7.17. The lowest BCUT2D eigenvalue weighted by atomic mass is 9.94. The topological polar surface area (TPSA) is 97.8 Å². The fourth-order valence-corrected chi connectivity index (χ4v) is 4.89. The Morgan fingerprint density at radius 3 is 2.46 bits per heavy atom. The maximum atomic E-state index is 13.4. The summed E-state index contributed by atoms with van der Waals surface area (Å²) in [6.07, 6.45) is 1.91. The normalized spacial score (nSPS) is 18.1. The van der Waals surface area contributed by atoms with Crippen LogP contribution in [0.4, 0.5) is 0 Å². The van der Waals surface area contributed by atoms with E-state index >= 15 is 0 Å². The van der Waals surface area contributed by atoms with E-state index in [2.05, 4.69) is 25.7 Å². The summed E-state index contributed by atoms with van der Waals surface area (Å²) in [4.78, 5) is 30.5. The van der Waals surface area contributed by atoms with E-state index in [4.69, 9.17) is 18.9 Å². The second-order valence-electron chi connectivity index (χ2n) is 9.49. The SMILES string of the molecule is CCCCOc1ccc(C2/C(=C(\O)c3ccc4c(c3)OCCO4)C(=O)C(=O)N2CCN(CC)CC)cc1OC. The van der Waals surface area contributed by atoms with Crippen molar-refractivity contribution in [3.63, 3.8) is 0 Å². The largest absolute Gasteiger partial charge is 0.507 e. The monoisotopic (exact) mass is 538 g/mol. The van der Waals surface area contributed by atoms with Gasteiger partial charge in [0.25, 0.3) is 11.7 Å². The van der Waals surface area contributed by atoms with Crippen LogP contribution < -0.4 is 18.9 Å². The first-order valence-corrected chi connectivity index (χ1v) is 13.6. The number of nitrogens with zero attached hydrogens (tertiary/aromatic N) is 2. The number of rotatable bonds is 12. The quantitative estimate of drug-likeness (QED) is 0.184. The minimum absolute atomic E-state index is 0.0259. The third kappa shape index (κ3) is 5.98. The molecular weight excluding hydrogens is 500 g/mol. The number of hydrogen-bond donors (Lipinski definition) is 1. The zero-order chi connectivity index (χ0) is 27.9. The predicted octanol–water partition coefficient (Wildman–Crippen LogP) is 4.41. The molecule has 2 aromatic rings. The summed E-state index contributed by atoms with van der Waals surface area (Å²) in [5, 5.41) is 11.5. The number of likely N-dealkylation sites (N-methyl/N-ethyl adjacent to an activating group) is 1. The summed E-state index contributed by atoms with van der Waals surface area (Å²) in [5.74, 6) is 0.495. The van der Waals surface area contributed by atoms with Gasteiger partial charge in [0.2, 0.25) is 0 Å². The number of methoxy groups -OCH3 is 1. The summed E-state index contributed by atoms with van der Waals surface area (Å²) in [6, 6.07) is 9.58. The van der Waals surface area contributed by atoms with E-state index in [-0.39, 0.29) is 11.3 Å². The number of ether oxygens (including phenoxy) is 4. The van der Waals surface area contributed by atoms with Crippen LogP contribution in [-0.4, -0.2) is 79.7 Å². The average Bonchev–Trinajstić information content (AvgIpc) is 3.22. The lowest BCUT2D eigenvalue weighted by Gasteiger charge is -2.28. The Kier molecular flexibility index (Phi) is 9.35. The van der Waals surface area contributed by atoms with Gasteiger partial charge in [-0.15, -0.1) is 0 Å². The number of likely N-dealkylation sites (tertiary alicyclic amines) is 1. The number of fused-ring (bicyclic) bond motifs is 1. The first-order valence-electron chi connectivity index (χ1n) is 13.6. The van der Waals surface area contributed by atoms with Gasteiger partial charge in [0.1, 0.15) is 19.0 Å². The van der Waals surface area contributed by atoms with Gasteiger partial charge >= 0.3 is 0 Å². The summed E-state index contributed by atoms with van der Waals surface area (Å²) < 4.78 is 22.8. The Balaban J connectivity index is 1.78. The van der Waals surface area contributed by atoms with Gasteiger partial charge in [-0.1, -0.05) is 33.3 Å². The van der Waals surface area contributed by atoms with E-state index in [0.29, 0.717) is 67.0 Å². The molecule has 2 heterocycles. The maximum Gasteiger partial charge on any atom is 0.295 e. The van der Waals surface area contributed by atoms with Gasteiger partial charge in [0, 0.05) is 18.7 Å². The fraction of sp³-hybridized carbons (Fsp3) is 0.467. The van der Waals surface area contributed by atoms with Crippen LogP contribution in [0.5, 0.6) is 23.0 Å². The maximum absolute atomic E-state index is 13.4. The molecule has 0 radical (unpaired) electrons. The van der Waals surface area contributed by atoms with E-state index in [9.17, 15) is 14.7 Å². The van der Waals surface area contributed by atoms with E-state index in [1.165, 1.54) is 4.90 Å². The number of ketones is 1. The number of benzene rings is 2. The Morgan fingerprint density at radius 2 is 1.77 bits per heavy atom. The molecule has 1 atom stereocenters. The Labute approximate surface area is 229 Å². The van der Waals surface area contributed by atoms with Crippen molar-refractivity contribution in [1.29, 1.82) is 0 Å². The molecule has 1 unspecified atom stereocenters. The summed E-state index contributed by atoms with van der Waals surface area (Å²) >= 11 is 0. The highest BCUT2D eigenvalue weighted by Crippen LogP contribution is 2.43. The molecule has 1 fully saturated rings. The van der Waals surface area contributed by atoms with E-state index in [0.717, 1.165) is 25.9 Å². The zero-order valence-electron chi connectivity index (χ0n) is 23.2. The van der Waals surface area contributed by atoms with Crippen LogP contribution in [0.3, 0.4) is 0 Å². The Bertz CT molecular complexity index is 1220. The van der Waals surface area contributed by atoms with Crippen molar-refractivity contribution in [3.8, 4) is 23.0 Å². The number of amides is 1. The van der Waals surface area contributed by atoms with Crippen LogP contribution in [0.15, 0.2) is 42.0 Å². The van der Waals surface area contributed by atoms with Gasteiger partial charge in [-0.25, -0.2) is 0 Å². The lowest BCUT2D eigenvalue weighted by molar-refractivity contribution is -0.140. The Hall–Kier alpha value is -3.72. The standard InChI is InChI=1S/C30H38N2O7/c1-5-8-15-37-22-11-9-20(18-24(22)36-4)27-26(29(34)30(35)32(27)14-13-31(6-2)7-3)28(33)21-10-12-23-25(19-21)39-17-16-38-23/h9-12,18-19,27,33H,5-8,13-17H2,1-4H3/b28-26+. The summed E-state index contributed by atoms with van der Waals surface area (Å²) in [7, 11) is 1.55. The van der Waals surface area contributed by atoms with Crippen LogP contribution in [0, 0.1) is 0 Å². The van der Waals surface area contributed by atoms with Crippen molar-refractivity contribution < 1.29 is 33.6 Å². The molecule has 1 N–H and O–H groups in total. The smallest absolute Gasteiger partial charge is 0.295 e. The molecule has 210 valence electrons. The molecule has 39 heavy (non-hydrogen) atoms. The van der Waals surface area contributed by atoms with Gasteiger partial charge in [-0.05, 0) is 55.4 Å². The van der Waals surface area contributed by atoms with Crippen molar-refractivity contribution in [1.82, 2.24) is 9.80 Å². The van der Waals surface area contributed by atoms with Crippen LogP contribution >= 0.6 is 0 Å². The van der Waals surface area contributed by atoms with Gasteiger partial charge in [-0.3, -0.25) is 9.59 Å². The number of hydrogen-bond acceptors (Lipinski definition) is 8. The van der Waals surface area contributed by atoms with Crippen LogP contribution in [0.25, 0.3) is 5.76 Å². The molecule has 4 rings (SSSR count). The molecule has 0 spiro atoms. The Morgan fingerprint density at radius 1 is 1.03 bits per heavy atom. The summed E-state index contributed by atoms with van der Waals surface area (Å²) in [5.41, 5.74) is 1.04. The molecule has 0 aliphatic carbocycles. The van der Waals surface area contributed by atoms with Gasteiger partial charge in [-0.2, -0.15) is 0 Å². The van der Waals surface area contributed by atoms with Crippen molar-refractivity contribution in [2.45, 2.75) is 39.7 Å². The molecule has 9 nitrogen and oxygen atoms in total. The van der Waals surface area contributed by atoms with E-state index in [1.807, 2.05) is 6.07 Å². The highest BCUT2D eigenvalue weighted by molar-refractivity contribution is 6.46. The number of carbonyl (C=O) groups excluding carboxylic acids is 2. The molecule has 2 aliphatic heterocycles. The first kappa shape index (κ1) is 28.3. The number of aliphatic hydroxyl groups excluding tert-OH is 1. The third-order valence-electron chi connectivity index (χ3n) is 7.17. The van der Waals surface area contributed by atoms with Crippen LogP contribution in [-0.2, 0) is 9.59 Å². The molecule has 1 amide bonds. The molecule has 0 bridgehead atoms. The minimum atomic E-state index is -0.799. The van der Waals surface area contributed by atoms with Crippen LogP contribution in [0.1, 0.15) is 50.8 Å². The van der Waals surface area contributed by atoms with Gasteiger partial charge < -0.3 is 33.9 Å². The zero-order valence-corrected chi connectivity index (χ0v) is 23.2. The highest BCUT2D eigenvalue weighted by atomic mass is 16.6. The van der Waals surface area contributed by atoms with E-state index in [1.54, 1.807) is 37.4 Å². The number of unbranched alkanes of at least 4 members (excludes halogenated alkanes) is 1. The minimum Gasteiger partial charge on any atom is -0.507 e. The van der Waals surface area contributed by atoms with Crippen molar-refractivity contribution in [2.24, 2.45) is 0 Å². The highest BCUT2D eigenvalue weighted by Gasteiger charge is 2.46. The molecule has 0 saturated carbocycles. The van der Waals surface area contributed by atoms with Crippen molar-refractivity contribution in [2.75, 3.05) is 53.1 Å². The predicted molar refractivity (Wildman–Crippen MR) is 148 cm³/mol. The molecular formula is C30H38N2O7. The molecule has 2 aromatic carbocycles. The molecule has 2 aliphatic rings. The first-order chi connectivity index (χ1) is 18.9. The molecule has 0 aromatic heterocycles. The molecule has 1 saturated heterocycles. The van der Waals surface area contributed by atoms with Crippen molar-refractivity contribution >= 4 is 17.4 Å². The van der Waals surface area contributed by atoms with Crippen LogP contribution in [0.2, 0.25) is 0 Å².